The number of anilines is 2. The Morgan fingerprint density at radius 1 is 1.18 bits per heavy atom. The summed E-state index contributed by atoms with van der Waals surface area (Å²) in [5.74, 6) is 0.154. The molecule has 0 saturated carbocycles. The van der Waals surface area contributed by atoms with Crippen LogP contribution in [0.4, 0.5) is 11.4 Å². The largest absolute Gasteiger partial charge is 0.508 e. The molecule has 0 fully saturated rings. The van der Waals surface area contributed by atoms with E-state index in [-0.39, 0.29) is 17.8 Å². The molecule has 0 bridgehead atoms. The molecule has 1 atom stereocenters. The highest BCUT2D eigenvalue weighted by molar-refractivity contribution is 5.96. The van der Waals surface area contributed by atoms with Gasteiger partial charge in [-0.1, -0.05) is 11.6 Å². The van der Waals surface area contributed by atoms with E-state index in [4.69, 9.17) is 0 Å². The molecule has 2 aromatic rings. The van der Waals surface area contributed by atoms with Crippen molar-refractivity contribution in [1.29, 1.82) is 0 Å². The van der Waals surface area contributed by atoms with Crippen molar-refractivity contribution >= 4 is 17.3 Å². The lowest BCUT2D eigenvalue weighted by Gasteiger charge is -2.15. The van der Waals surface area contributed by atoms with Crippen molar-refractivity contribution in [3.05, 3.63) is 53.1 Å². The topological polar surface area (TPSA) is 73.4 Å². The highest BCUT2D eigenvalue weighted by Gasteiger charge is 2.24. The highest BCUT2D eigenvalue weighted by Crippen LogP contribution is 2.38. The van der Waals surface area contributed by atoms with Crippen LogP contribution in [0.15, 0.2) is 36.4 Å². The number of aryl methyl sites for hydroxylation is 1. The van der Waals surface area contributed by atoms with Gasteiger partial charge in [0, 0.05) is 17.7 Å². The molecule has 1 amide bonds. The van der Waals surface area contributed by atoms with Crippen LogP contribution in [0.25, 0.3) is 0 Å². The van der Waals surface area contributed by atoms with Gasteiger partial charge in [-0.3, -0.25) is 4.79 Å². The quantitative estimate of drug-likeness (QED) is 0.703. The Hall–Kier alpha value is -2.69. The van der Waals surface area contributed by atoms with Crippen LogP contribution in [0.2, 0.25) is 0 Å². The van der Waals surface area contributed by atoms with E-state index < -0.39 is 0 Å². The summed E-state index contributed by atoms with van der Waals surface area (Å²) in [5.41, 5.74) is 4.25. The number of nitrogens with one attached hydrogen (secondary N) is 3. The summed E-state index contributed by atoms with van der Waals surface area (Å²) in [6, 6.07) is 11.0. The summed E-state index contributed by atoms with van der Waals surface area (Å²) in [6.07, 6.45) is -0.209. The molecule has 1 heterocycles. The van der Waals surface area contributed by atoms with Gasteiger partial charge < -0.3 is 21.1 Å². The zero-order chi connectivity index (χ0) is 15.7. The molecule has 114 valence electrons. The van der Waals surface area contributed by atoms with Crippen LogP contribution in [0.3, 0.4) is 0 Å². The Balaban J connectivity index is 1.86. The molecule has 5 heteroatoms. The van der Waals surface area contributed by atoms with Crippen LogP contribution < -0.4 is 16.0 Å². The molecule has 5 nitrogen and oxygen atoms in total. The number of fused-ring (bicyclic) bond motifs is 1. The summed E-state index contributed by atoms with van der Waals surface area (Å²) < 4.78 is 0. The molecule has 0 aromatic heterocycles. The maximum atomic E-state index is 11.9. The number of carbonyl (C=O) groups is 1. The van der Waals surface area contributed by atoms with Crippen molar-refractivity contribution in [3.63, 3.8) is 0 Å². The molecular formula is C17H19N3O2. The zero-order valence-electron chi connectivity index (χ0n) is 12.6. The van der Waals surface area contributed by atoms with Crippen LogP contribution in [0.5, 0.6) is 5.75 Å². The smallest absolute Gasteiger partial charge is 0.251 e. The van der Waals surface area contributed by atoms with E-state index in [1.54, 1.807) is 12.1 Å². The molecular weight excluding hydrogens is 278 g/mol. The molecule has 0 aliphatic carbocycles. The number of hydrogen-bond donors (Lipinski definition) is 4. The van der Waals surface area contributed by atoms with Crippen molar-refractivity contribution in [2.45, 2.75) is 20.0 Å². The van der Waals surface area contributed by atoms with Gasteiger partial charge in [0.2, 0.25) is 0 Å². The number of aromatic hydroxyl groups is 1. The maximum Gasteiger partial charge on any atom is 0.251 e. The Morgan fingerprint density at radius 2 is 1.95 bits per heavy atom. The fourth-order valence-electron chi connectivity index (χ4n) is 2.60. The standard InChI is InChI=1S/C17H19N3O2/c1-3-18-17(22)11-5-6-13-14(9-11)20-16(19-13)12-8-10(2)4-7-15(12)21/h4-9,16,19-21H,3H2,1-2H3,(H,18,22). The number of carbonyl (C=O) groups excluding carboxylic acids is 1. The average molecular weight is 297 g/mol. The van der Waals surface area contributed by atoms with Gasteiger partial charge in [-0.25, -0.2) is 0 Å². The predicted octanol–water partition coefficient (Wildman–Crippen LogP) is 2.99. The normalized spacial score (nSPS) is 15.6. The second-order valence-corrected chi connectivity index (χ2v) is 5.40. The van der Waals surface area contributed by atoms with Crippen molar-refractivity contribution in [2.75, 3.05) is 17.2 Å². The van der Waals surface area contributed by atoms with E-state index in [2.05, 4.69) is 16.0 Å². The van der Waals surface area contributed by atoms with Crippen LogP contribution in [0, 0.1) is 6.92 Å². The number of hydrogen-bond acceptors (Lipinski definition) is 4. The van der Waals surface area contributed by atoms with Gasteiger partial charge in [-0.15, -0.1) is 0 Å². The van der Waals surface area contributed by atoms with Gasteiger partial charge in [0.1, 0.15) is 11.9 Å². The van der Waals surface area contributed by atoms with Crippen molar-refractivity contribution < 1.29 is 9.90 Å². The van der Waals surface area contributed by atoms with Crippen LogP contribution >= 0.6 is 0 Å². The Bertz CT molecular complexity index is 728. The summed E-state index contributed by atoms with van der Waals surface area (Å²) in [7, 11) is 0. The average Bonchev–Trinajstić information content (AvgIpc) is 2.92. The van der Waals surface area contributed by atoms with Gasteiger partial charge >= 0.3 is 0 Å². The van der Waals surface area contributed by atoms with E-state index in [0.717, 1.165) is 22.5 Å². The van der Waals surface area contributed by atoms with Crippen molar-refractivity contribution in [3.8, 4) is 5.75 Å². The van der Waals surface area contributed by atoms with Gasteiger partial charge in [-0.2, -0.15) is 0 Å². The molecule has 3 rings (SSSR count). The second-order valence-electron chi connectivity index (χ2n) is 5.40. The minimum atomic E-state index is -0.209. The predicted molar refractivity (Wildman–Crippen MR) is 87.3 cm³/mol. The van der Waals surface area contributed by atoms with Gasteiger partial charge in [0.25, 0.3) is 5.91 Å². The molecule has 0 spiro atoms. The lowest BCUT2D eigenvalue weighted by molar-refractivity contribution is 0.0956. The van der Waals surface area contributed by atoms with E-state index in [1.165, 1.54) is 0 Å². The van der Waals surface area contributed by atoms with Gasteiger partial charge in [0.05, 0.1) is 11.4 Å². The van der Waals surface area contributed by atoms with Crippen molar-refractivity contribution in [2.24, 2.45) is 0 Å². The molecule has 4 N–H and O–H groups in total. The SMILES string of the molecule is CCNC(=O)c1ccc2c(c1)NC(c1cc(C)ccc1O)N2. The maximum absolute atomic E-state index is 11.9. The molecule has 1 unspecified atom stereocenters. The van der Waals surface area contributed by atoms with Crippen LogP contribution in [0.1, 0.15) is 34.6 Å². The first-order chi connectivity index (χ1) is 10.6. The van der Waals surface area contributed by atoms with E-state index in [1.807, 2.05) is 38.1 Å². The lowest BCUT2D eigenvalue weighted by Crippen LogP contribution is -2.22. The third-order valence-corrected chi connectivity index (χ3v) is 3.71. The third-order valence-electron chi connectivity index (χ3n) is 3.71. The summed E-state index contributed by atoms with van der Waals surface area (Å²) in [6.45, 7) is 4.47. The number of phenols is 1. The Morgan fingerprint density at radius 3 is 2.73 bits per heavy atom. The molecule has 0 radical (unpaired) electrons. The van der Waals surface area contributed by atoms with E-state index in [0.29, 0.717) is 12.1 Å². The minimum absolute atomic E-state index is 0.0889. The first-order valence-corrected chi connectivity index (χ1v) is 7.33. The number of amides is 1. The monoisotopic (exact) mass is 297 g/mol. The number of phenolic OH excluding ortho intramolecular Hbond substituents is 1. The number of rotatable bonds is 3. The van der Waals surface area contributed by atoms with Gasteiger partial charge in [0.15, 0.2) is 0 Å². The zero-order valence-corrected chi connectivity index (χ0v) is 12.6. The first kappa shape index (κ1) is 14.3. The van der Waals surface area contributed by atoms with Crippen LogP contribution in [-0.4, -0.2) is 17.6 Å². The first-order valence-electron chi connectivity index (χ1n) is 7.33. The third kappa shape index (κ3) is 2.57. The Labute approximate surface area is 129 Å². The summed E-state index contributed by atoms with van der Waals surface area (Å²) in [5, 5.41) is 19.4. The van der Waals surface area contributed by atoms with E-state index in [9.17, 15) is 9.90 Å². The lowest BCUT2D eigenvalue weighted by atomic mass is 10.1. The van der Waals surface area contributed by atoms with Crippen molar-refractivity contribution in [1.82, 2.24) is 5.32 Å². The molecule has 22 heavy (non-hydrogen) atoms. The second kappa shape index (κ2) is 5.60. The summed E-state index contributed by atoms with van der Waals surface area (Å²) >= 11 is 0. The fourth-order valence-corrected chi connectivity index (χ4v) is 2.60. The van der Waals surface area contributed by atoms with Crippen LogP contribution in [-0.2, 0) is 0 Å². The summed E-state index contributed by atoms with van der Waals surface area (Å²) in [4.78, 5) is 11.9. The molecule has 1 aliphatic rings. The van der Waals surface area contributed by atoms with E-state index >= 15 is 0 Å². The van der Waals surface area contributed by atoms with Gasteiger partial charge in [-0.05, 0) is 44.2 Å². The number of benzene rings is 2. The highest BCUT2D eigenvalue weighted by atomic mass is 16.3. The minimum Gasteiger partial charge on any atom is -0.508 e. The molecule has 2 aromatic carbocycles. The molecule has 1 aliphatic heterocycles. The fraction of sp³-hybridized carbons (Fsp3) is 0.235. The molecule has 0 saturated heterocycles. The Kier molecular flexibility index (Phi) is 3.63.